The lowest BCUT2D eigenvalue weighted by Gasteiger charge is -2.35. The summed E-state index contributed by atoms with van der Waals surface area (Å²) in [6, 6.07) is 7.82. The molecule has 1 unspecified atom stereocenters. The normalized spacial score (nSPS) is 18.6. The Morgan fingerprint density at radius 1 is 1.28 bits per heavy atom. The highest BCUT2D eigenvalue weighted by molar-refractivity contribution is 5.40. The second-order valence-corrected chi connectivity index (χ2v) is 4.67. The molecule has 1 aromatic rings. The van der Waals surface area contributed by atoms with Crippen molar-refractivity contribution in [1.29, 1.82) is 0 Å². The van der Waals surface area contributed by atoms with Crippen LogP contribution in [0.3, 0.4) is 0 Å². The molecule has 1 aliphatic carbocycles. The van der Waals surface area contributed by atoms with Gasteiger partial charge < -0.3 is 5.11 Å². The number of alkyl halides is 3. The first kappa shape index (κ1) is 13.4. The first-order valence-corrected chi connectivity index (χ1v) is 5.97. The average molecular weight is 259 g/mol. The number of aliphatic hydroxyl groups excluding tert-OH is 1. The molecule has 0 saturated carbocycles. The SMILES string of the molecule is OCCN(CC1Cc2ccccc21)CC(F)(F)F. The molecule has 1 atom stereocenters. The Morgan fingerprint density at radius 2 is 2.00 bits per heavy atom. The van der Waals surface area contributed by atoms with Crippen LogP contribution in [0, 0.1) is 0 Å². The van der Waals surface area contributed by atoms with Gasteiger partial charge in [-0.3, -0.25) is 4.90 Å². The van der Waals surface area contributed by atoms with E-state index in [9.17, 15) is 13.2 Å². The van der Waals surface area contributed by atoms with Crippen molar-refractivity contribution in [2.24, 2.45) is 0 Å². The fourth-order valence-electron chi connectivity index (χ4n) is 2.47. The van der Waals surface area contributed by atoms with Crippen molar-refractivity contribution in [3.63, 3.8) is 0 Å². The molecule has 1 aromatic carbocycles. The van der Waals surface area contributed by atoms with E-state index in [0.717, 1.165) is 12.0 Å². The van der Waals surface area contributed by atoms with Crippen LogP contribution in [0.1, 0.15) is 17.0 Å². The van der Waals surface area contributed by atoms with Crippen LogP contribution < -0.4 is 0 Å². The van der Waals surface area contributed by atoms with E-state index < -0.39 is 12.7 Å². The number of hydrogen-bond acceptors (Lipinski definition) is 2. The molecule has 0 bridgehead atoms. The summed E-state index contributed by atoms with van der Waals surface area (Å²) in [5, 5.41) is 8.82. The summed E-state index contributed by atoms with van der Waals surface area (Å²) in [4.78, 5) is 1.28. The number of rotatable bonds is 5. The number of fused-ring (bicyclic) bond motifs is 1. The van der Waals surface area contributed by atoms with Crippen molar-refractivity contribution < 1.29 is 18.3 Å². The first-order chi connectivity index (χ1) is 8.49. The molecule has 5 heteroatoms. The zero-order valence-corrected chi connectivity index (χ0v) is 9.95. The molecule has 18 heavy (non-hydrogen) atoms. The van der Waals surface area contributed by atoms with Gasteiger partial charge in [-0.05, 0) is 17.5 Å². The lowest BCUT2D eigenvalue weighted by Crippen LogP contribution is -2.40. The number of hydrogen-bond donors (Lipinski definition) is 1. The third-order valence-corrected chi connectivity index (χ3v) is 3.26. The zero-order valence-electron chi connectivity index (χ0n) is 9.95. The summed E-state index contributed by atoms with van der Waals surface area (Å²) in [7, 11) is 0. The molecular formula is C13H16F3NO. The molecule has 2 nitrogen and oxygen atoms in total. The molecule has 0 heterocycles. The van der Waals surface area contributed by atoms with E-state index in [1.54, 1.807) is 0 Å². The van der Waals surface area contributed by atoms with Crippen molar-refractivity contribution in [1.82, 2.24) is 4.90 Å². The van der Waals surface area contributed by atoms with Gasteiger partial charge in [0.05, 0.1) is 13.2 Å². The standard InChI is InChI=1S/C13H16F3NO/c14-13(15,16)9-17(5-6-18)8-11-7-10-3-1-2-4-12(10)11/h1-4,11,18H,5-9H2. The molecule has 0 radical (unpaired) electrons. The minimum absolute atomic E-state index is 0.0676. The Balaban J connectivity index is 1.95. The van der Waals surface area contributed by atoms with Gasteiger partial charge in [0, 0.05) is 19.0 Å². The molecule has 0 spiro atoms. The van der Waals surface area contributed by atoms with Gasteiger partial charge in [-0.2, -0.15) is 13.2 Å². The minimum atomic E-state index is -4.21. The first-order valence-electron chi connectivity index (χ1n) is 5.97. The highest BCUT2D eigenvalue weighted by atomic mass is 19.4. The van der Waals surface area contributed by atoms with Crippen LogP contribution in [0.25, 0.3) is 0 Å². The van der Waals surface area contributed by atoms with E-state index in [1.807, 2.05) is 24.3 Å². The Morgan fingerprint density at radius 3 is 2.61 bits per heavy atom. The molecule has 1 N–H and O–H groups in total. The van der Waals surface area contributed by atoms with Crippen molar-refractivity contribution in [2.45, 2.75) is 18.5 Å². The monoisotopic (exact) mass is 259 g/mol. The topological polar surface area (TPSA) is 23.5 Å². The summed E-state index contributed by atoms with van der Waals surface area (Å²) in [6.45, 7) is -0.772. The van der Waals surface area contributed by atoms with Gasteiger partial charge in [0.1, 0.15) is 0 Å². The zero-order chi connectivity index (χ0) is 13.2. The second kappa shape index (κ2) is 5.28. The van der Waals surface area contributed by atoms with Gasteiger partial charge in [-0.1, -0.05) is 24.3 Å². The largest absolute Gasteiger partial charge is 0.401 e. The third kappa shape index (κ3) is 3.23. The van der Waals surface area contributed by atoms with Gasteiger partial charge in [0.15, 0.2) is 0 Å². The summed E-state index contributed by atoms with van der Waals surface area (Å²) in [5.74, 6) is 0.162. The van der Waals surface area contributed by atoms with Gasteiger partial charge >= 0.3 is 6.18 Å². The Kier molecular flexibility index (Phi) is 3.92. The lowest BCUT2D eigenvalue weighted by molar-refractivity contribution is -0.147. The predicted octanol–water partition coefficient (Wildman–Crippen LogP) is 2.18. The van der Waals surface area contributed by atoms with E-state index >= 15 is 0 Å². The maximum Gasteiger partial charge on any atom is 0.401 e. The van der Waals surface area contributed by atoms with E-state index in [2.05, 4.69) is 0 Å². The van der Waals surface area contributed by atoms with Crippen LogP contribution in [-0.4, -0.2) is 42.4 Å². The van der Waals surface area contributed by atoms with Crippen LogP contribution in [0.5, 0.6) is 0 Å². The van der Waals surface area contributed by atoms with Crippen molar-refractivity contribution >= 4 is 0 Å². The molecule has 0 aromatic heterocycles. The quantitative estimate of drug-likeness (QED) is 0.876. The second-order valence-electron chi connectivity index (χ2n) is 4.67. The van der Waals surface area contributed by atoms with Gasteiger partial charge in [0.2, 0.25) is 0 Å². The van der Waals surface area contributed by atoms with Crippen LogP contribution in [0.4, 0.5) is 13.2 Å². The van der Waals surface area contributed by atoms with Crippen LogP contribution in [-0.2, 0) is 6.42 Å². The van der Waals surface area contributed by atoms with Gasteiger partial charge in [-0.15, -0.1) is 0 Å². The van der Waals surface area contributed by atoms with E-state index in [1.165, 1.54) is 10.5 Å². The minimum Gasteiger partial charge on any atom is -0.395 e. The summed E-state index contributed by atoms with van der Waals surface area (Å²) >= 11 is 0. The van der Waals surface area contributed by atoms with E-state index in [4.69, 9.17) is 5.11 Å². The molecule has 100 valence electrons. The van der Waals surface area contributed by atoms with Crippen molar-refractivity contribution in [3.8, 4) is 0 Å². The predicted molar refractivity (Wildman–Crippen MR) is 62.5 cm³/mol. The molecular weight excluding hydrogens is 243 g/mol. The van der Waals surface area contributed by atoms with Gasteiger partial charge in [0.25, 0.3) is 0 Å². The Bertz CT molecular complexity index is 405. The van der Waals surface area contributed by atoms with Crippen LogP contribution >= 0.6 is 0 Å². The van der Waals surface area contributed by atoms with E-state index in [0.29, 0.717) is 6.54 Å². The summed E-state index contributed by atoms with van der Waals surface area (Å²) < 4.78 is 37.1. The summed E-state index contributed by atoms with van der Waals surface area (Å²) in [5.41, 5.74) is 2.36. The number of aliphatic hydroxyl groups is 1. The van der Waals surface area contributed by atoms with Crippen LogP contribution in [0.2, 0.25) is 0 Å². The lowest BCUT2D eigenvalue weighted by atomic mass is 9.77. The molecule has 1 aliphatic rings. The third-order valence-electron chi connectivity index (χ3n) is 3.26. The van der Waals surface area contributed by atoms with Crippen LogP contribution in [0.15, 0.2) is 24.3 Å². The fourth-order valence-corrected chi connectivity index (χ4v) is 2.47. The molecule has 0 saturated heterocycles. The van der Waals surface area contributed by atoms with E-state index in [-0.39, 0.29) is 19.1 Å². The van der Waals surface area contributed by atoms with Crippen molar-refractivity contribution in [3.05, 3.63) is 35.4 Å². The molecule has 2 rings (SSSR count). The highest BCUT2D eigenvalue weighted by Gasteiger charge is 2.33. The maximum absolute atomic E-state index is 12.4. The number of benzene rings is 1. The number of halogens is 3. The highest BCUT2D eigenvalue weighted by Crippen LogP contribution is 2.35. The van der Waals surface area contributed by atoms with Crippen molar-refractivity contribution in [2.75, 3.05) is 26.2 Å². The Labute approximate surface area is 104 Å². The maximum atomic E-state index is 12.4. The molecule has 0 fully saturated rings. The average Bonchev–Trinajstić information content (AvgIpc) is 2.24. The summed E-state index contributed by atoms with van der Waals surface area (Å²) in [6.07, 6.45) is -3.38. The Hall–Kier alpha value is -1.07. The van der Waals surface area contributed by atoms with Gasteiger partial charge in [-0.25, -0.2) is 0 Å². The molecule has 0 amide bonds. The fraction of sp³-hybridized carbons (Fsp3) is 0.538. The smallest absolute Gasteiger partial charge is 0.395 e. The molecule has 0 aliphatic heterocycles. The number of nitrogens with zero attached hydrogens (tertiary/aromatic N) is 1.